The van der Waals surface area contributed by atoms with E-state index in [9.17, 15) is 0 Å². The highest BCUT2D eigenvalue weighted by Crippen LogP contribution is 2.47. The molecule has 7 aromatic carbocycles. The summed E-state index contributed by atoms with van der Waals surface area (Å²) in [7, 11) is 0. The molecule has 0 fully saturated rings. The molecule has 0 unspecified atom stereocenters. The minimum Gasteiger partial charge on any atom is -0.317 e. The number of allylic oxidation sites excluding steroid dienone is 2. The Kier molecular flexibility index (Phi) is 7.34. The highest BCUT2D eigenvalue weighted by atomic mass is 32.1. The summed E-state index contributed by atoms with van der Waals surface area (Å²) in [5.41, 5.74) is 15.0. The van der Waals surface area contributed by atoms with E-state index in [0.717, 1.165) is 63.0 Å². The zero-order chi connectivity index (χ0) is 38.3. The number of aromatic nitrogens is 3. The summed E-state index contributed by atoms with van der Waals surface area (Å²) in [4.78, 5) is 7.23. The minimum atomic E-state index is 0.919. The van der Waals surface area contributed by atoms with Crippen LogP contribution in [0.1, 0.15) is 18.4 Å². The largest absolute Gasteiger partial charge is 0.317 e. The van der Waals surface area contributed by atoms with E-state index in [4.69, 9.17) is 11.6 Å². The van der Waals surface area contributed by atoms with Gasteiger partial charge in [-0.3, -0.25) is 4.98 Å². The lowest BCUT2D eigenvalue weighted by Crippen LogP contribution is -2.12. The Balaban J connectivity index is 0.984. The first-order chi connectivity index (χ1) is 28.7. The fraction of sp³-hybridized carbons (Fsp3) is 0.0377. The minimum absolute atomic E-state index is 0.919. The first kappa shape index (κ1) is 33.0. The van der Waals surface area contributed by atoms with Crippen LogP contribution in [0.2, 0.25) is 0 Å². The van der Waals surface area contributed by atoms with Crippen molar-refractivity contribution in [2.24, 2.45) is 0 Å². The van der Waals surface area contributed by atoms with Crippen molar-refractivity contribution in [3.63, 3.8) is 0 Å². The van der Waals surface area contributed by atoms with Crippen molar-refractivity contribution in [3.05, 3.63) is 194 Å². The van der Waals surface area contributed by atoms with E-state index in [1.807, 2.05) is 23.6 Å². The quantitative estimate of drug-likeness (QED) is 0.179. The predicted octanol–water partition coefficient (Wildman–Crippen LogP) is 14.8. The number of pyridine rings is 1. The van der Waals surface area contributed by atoms with Gasteiger partial charge in [0.15, 0.2) is 0 Å². The number of hydrogen-bond acceptors (Lipinski definition) is 3. The number of thiophene rings is 1. The van der Waals surface area contributed by atoms with Crippen molar-refractivity contribution in [2.45, 2.75) is 12.8 Å². The molecule has 0 radical (unpaired) electrons. The van der Waals surface area contributed by atoms with Gasteiger partial charge in [0.25, 0.3) is 0 Å². The summed E-state index contributed by atoms with van der Waals surface area (Å²) >= 11 is 1.88. The average molecular weight is 761 g/mol. The Morgan fingerprint density at radius 2 is 1.24 bits per heavy atom. The Labute approximate surface area is 339 Å². The van der Waals surface area contributed by atoms with Gasteiger partial charge in [-0.15, -0.1) is 11.3 Å². The van der Waals surface area contributed by atoms with Gasteiger partial charge in [0.1, 0.15) is 0 Å². The first-order valence-electron chi connectivity index (χ1n) is 19.9. The third-order valence-electron chi connectivity index (χ3n) is 11.9. The lowest BCUT2D eigenvalue weighted by molar-refractivity contribution is 1.05. The van der Waals surface area contributed by atoms with Gasteiger partial charge < -0.3 is 14.0 Å². The second-order valence-corrected chi connectivity index (χ2v) is 16.3. The van der Waals surface area contributed by atoms with Crippen LogP contribution < -0.4 is 4.90 Å². The molecule has 12 rings (SSSR count). The fourth-order valence-electron chi connectivity index (χ4n) is 9.27. The van der Waals surface area contributed by atoms with Crippen LogP contribution in [0.3, 0.4) is 0 Å². The summed E-state index contributed by atoms with van der Waals surface area (Å²) in [6, 6.07) is 59.5. The maximum Gasteiger partial charge on any atom is 0.0963 e. The molecule has 5 heteroatoms. The zero-order valence-corrected chi connectivity index (χ0v) is 32.5. The van der Waals surface area contributed by atoms with Gasteiger partial charge in [-0.05, 0) is 114 Å². The van der Waals surface area contributed by atoms with Crippen LogP contribution in [0.15, 0.2) is 189 Å². The average Bonchev–Trinajstić information content (AvgIpc) is 3.93. The second-order valence-electron chi connectivity index (χ2n) is 15.2. The lowest BCUT2D eigenvalue weighted by atomic mass is 9.96. The normalized spacial score (nSPS) is 13.9. The van der Waals surface area contributed by atoms with Crippen molar-refractivity contribution in [1.29, 1.82) is 0 Å². The molecule has 1 aliphatic heterocycles. The third-order valence-corrected chi connectivity index (χ3v) is 13.1. The van der Waals surface area contributed by atoms with Crippen molar-refractivity contribution in [1.82, 2.24) is 14.1 Å². The monoisotopic (exact) mass is 760 g/mol. The van der Waals surface area contributed by atoms with Crippen molar-refractivity contribution in [2.75, 3.05) is 4.90 Å². The molecular weight excluding hydrogens is 725 g/mol. The fourth-order valence-corrected chi connectivity index (χ4v) is 10.5. The molecule has 4 aromatic heterocycles. The van der Waals surface area contributed by atoms with Crippen LogP contribution >= 0.6 is 11.3 Å². The molecular formula is C53H36N4S. The molecule has 4 nitrogen and oxygen atoms in total. The number of benzene rings is 7. The highest BCUT2D eigenvalue weighted by Gasteiger charge is 2.22. The smallest absolute Gasteiger partial charge is 0.0963 e. The number of hydrogen-bond donors (Lipinski definition) is 0. The molecule has 1 aliphatic rings. The molecule has 5 heterocycles. The topological polar surface area (TPSA) is 26.0 Å². The molecule has 58 heavy (non-hydrogen) atoms. The van der Waals surface area contributed by atoms with E-state index < -0.39 is 0 Å². The van der Waals surface area contributed by atoms with Crippen molar-refractivity contribution >= 4 is 92.2 Å². The molecule has 0 N–H and O–H groups in total. The van der Waals surface area contributed by atoms with E-state index >= 15 is 0 Å². The maximum absolute atomic E-state index is 4.87. The van der Waals surface area contributed by atoms with Gasteiger partial charge >= 0.3 is 0 Å². The van der Waals surface area contributed by atoms with Crippen molar-refractivity contribution < 1.29 is 0 Å². The lowest BCUT2D eigenvalue weighted by Gasteiger charge is -2.27. The Hall–Kier alpha value is -7.21. The van der Waals surface area contributed by atoms with E-state index in [2.05, 4.69) is 184 Å². The molecule has 0 saturated heterocycles. The number of rotatable bonds is 4. The Morgan fingerprint density at radius 1 is 0.517 bits per heavy atom. The van der Waals surface area contributed by atoms with Crippen LogP contribution in [0.5, 0.6) is 0 Å². The Morgan fingerprint density at radius 3 is 2.09 bits per heavy atom. The number of anilines is 2. The van der Waals surface area contributed by atoms with E-state index in [-0.39, 0.29) is 0 Å². The van der Waals surface area contributed by atoms with Gasteiger partial charge in [0, 0.05) is 71.4 Å². The van der Waals surface area contributed by atoms with E-state index in [1.54, 1.807) is 0 Å². The van der Waals surface area contributed by atoms with Crippen LogP contribution in [0, 0.1) is 0 Å². The van der Waals surface area contributed by atoms with E-state index in [1.165, 1.54) is 58.8 Å². The molecule has 0 saturated carbocycles. The standard InChI is InChI=1S/C53H36N4S/c1-34-13-9-10-30-55(38-17-11-14-35(31-38)36-23-26-47-44(32-36)52-49(22-12-29-54-52)56(47)37-15-3-2-4-16-37)48-27-25-42-43-33-39(24-28-50(43)58-53(42)51(34)48)57-45-20-7-5-18-40(45)41-19-6-8-21-46(41)57/h2-8,10-12,14-33H,1,9,13H2/b30-10-. The van der Waals surface area contributed by atoms with Gasteiger partial charge in [0.05, 0.1) is 33.3 Å². The number of fused-ring (bicyclic) bond motifs is 11. The second kappa shape index (κ2) is 12.9. The molecule has 0 spiro atoms. The third kappa shape index (κ3) is 4.97. The molecule has 274 valence electrons. The van der Waals surface area contributed by atoms with Crippen LogP contribution in [0.25, 0.3) is 92.0 Å². The molecule has 0 bridgehead atoms. The molecule has 0 atom stereocenters. The predicted molar refractivity (Wildman–Crippen MR) is 247 cm³/mol. The van der Waals surface area contributed by atoms with Gasteiger partial charge in [-0.1, -0.05) is 91.5 Å². The SMILES string of the molecule is C=C1CC/C=C\N(c2cccc(-c3ccc4c(c3)c3ncccc3n4-c3ccccc3)c2)c2ccc3c(sc4ccc(-n5c6ccccc6c6ccccc65)cc43)c21. The van der Waals surface area contributed by atoms with Gasteiger partial charge in [0.2, 0.25) is 0 Å². The van der Waals surface area contributed by atoms with Crippen LogP contribution in [-0.2, 0) is 0 Å². The Bertz CT molecular complexity index is 3440. The number of para-hydroxylation sites is 3. The summed E-state index contributed by atoms with van der Waals surface area (Å²) in [5.74, 6) is 0. The summed E-state index contributed by atoms with van der Waals surface area (Å²) in [6.45, 7) is 4.71. The summed E-state index contributed by atoms with van der Waals surface area (Å²) < 4.78 is 7.30. The highest BCUT2D eigenvalue weighted by molar-refractivity contribution is 7.26. The van der Waals surface area contributed by atoms with Crippen LogP contribution in [-0.4, -0.2) is 14.1 Å². The summed E-state index contributed by atoms with van der Waals surface area (Å²) in [6.07, 6.45) is 8.28. The number of nitrogens with zero attached hydrogens (tertiary/aromatic N) is 4. The van der Waals surface area contributed by atoms with Crippen LogP contribution in [0.4, 0.5) is 11.4 Å². The molecule has 11 aromatic rings. The molecule has 0 aliphatic carbocycles. The van der Waals surface area contributed by atoms with Crippen molar-refractivity contribution in [3.8, 4) is 22.5 Å². The van der Waals surface area contributed by atoms with Gasteiger partial charge in [-0.2, -0.15) is 0 Å². The zero-order valence-electron chi connectivity index (χ0n) is 31.6. The summed E-state index contributed by atoms with van der Waals surface area (Å²) in [5, 5.41) is 6.24. The molecule has 0 amide bonds. The van der Waals surface area contributed by atoms with Gasteiger partial charge in [-0.25, -0.2) is 0 Å². The first-order valence-corrected chi connectivity index (χ1v) is 20.7. The maximum atomic E-state index is 4.87. The van der Waals surface area contributed by atoms with E-state index in [0.29, 0.717) is 0 Å².